The molecule has 0 aliphatic rings. The van der Waals surface area contributed by atoms with Gasteiger partial charge >= 0.3 is 5.97 Å². The summed E-state index contributed by atoms with van der Waals surface area (Å²) < 4.78 is 5.89. The Morgan fingerprint density at radius 2 is 1.35 bits per heavy atom. The predicted molar refractivity (Wildman–Crippen MR) is 122 cm³/mol. The molecule has 0 unspecified atom stereocenters. The Balaban J connectivity index is 1.50. The van der Waals surface area contributed by atoms with Gasteiger partial charge in [-0.05, 0) is 48.1 Å². The van der Waals surface area contributed by atoms with Crippen LogP contribution in [0.15, 0.2) is 84.0 Å². The number of benzene rings is 3. The first kappa shape index (κ1) is 22.1. The SMILES string of the molecule is CO/N=C(\COc1ccc(CCc2ccc(CCC(=O)O)cc2)cc1)c1ccccc1. The second-order valence-electron chi connectivity index (χ2n) is 7.23. The van der Waals surface area contributed by atoms with Crippen molar-refractivity contribution in [3.8, 4) is 5.75 Å². The zero-order valence-corrected chi connectivity index (χ0v) is 17.7. The number of oxime groups is 1. The number of nitrogens with zero attached hydrogens (tertiary/aromatic N) is 1. The van der Waals surface area contributed by atoms with Crippen LogP contribution in [0, 0.1) is 0 Å². The van der Waals surface area contributed by atoms with Crippen molar-refractivity contribution in [3.63, 3.8) is 0 Å². The molecule has 0 fully saturated rings. The Morgan fingerprint density at radius 3 is 1.90 bits per heavy atom. The number of hydrogen-bond acceptors (Lipinski definition) is 4. The summed E-state index contributed by atoms with van der Waals surface area (Å²) in [5.41, 5.74) is 5.23. The maximum absolute atomic E-state index is 10.7. The van der Waals surface area contributed by atoms with E-state index in [1.807, 2.05) is 54.6 Å². The summed E-state index contributed by atoms with van der Waals surface area (Å²) in [5.74, 6) is 0.0186. The molecular weight excluding hydrogens is 390 g/mol. The second-order valence-corrected chi connectivity index (χ2v) is 7.23. The van der Waals surface area contributed by atoms with E-state index in [1.165, 1.54) is 18.2 Å². The highest BCUT2D eigenvalue weighted by Gasteiger charge is 2.06. The molecule has 0 aromatic heterocycles. The Kier molecular flexibility index (Phi) is 8.23. The highest BCUT2D eigenvalue weighted by atomic mass is 16.6. The van der Waals surface area contributed by atoms with E-state index in [1.54, 1.807) is 0 Å². The summed E-state index contributed by atoms with van der Waals surface area (Å²) in [7, 11) is 1.53. The van der Waals surface area contributed by atoms with Crippen LogP contribution in [-0.4, -0.2) is 30.5 Å². The largest absolute Gasteiger partial charge is 0.487 e. The Labute approximate surface area is 182 Å². The number of carboxylic acid groups (broad SMARTS) is 1. The maximum Gasteiger partial charge on any atom is 0.303 e. The van der Waals surface area contributed by atoms with Gasteiger partial charge in [-0.1, -0.05) is 71.9 Å². The van der Waals surface area contributed by atoms with Crippen LogP contribution in [0.4, 0.5) is 0 Å². The Morgan fingerprint density at radius 1 is 0.806 bits per heavy atom. The summed E-state index contributed by atoms with van der Waals surface area (Å²) in [6.45, 7) is 0.325. The van der Waals surface area contributed by atoms with Crippen molar-refractivity contribution in [1.82, 2.24) is 0 Å². The minimum atomic E-state index is -0.765. The van der Waals surface area contributed by atoms with E-state index >= 15 is 0 Å². The average molecular weight is 418 g/mol. The number of carboxylic acids is 1. The van der Waals surface area contributed by atoms with Gasteiger partial charge in [-0.2, -0.15) is 0 Å². The van der Waals surface area contributed by atoms with Gasteiger partial charge in [0.05, 0.1) is 0 Å². The lowest BCUT2D eigenvalue weighted by atomic mass is 10.0. The van der Waals surface area contributed by atoms with Crippen LogP contribution in [-0.2, 0) is 28.9 Å². The van der Waals surface area contributed by atoms with E-state index in [4.69, 9.17) is 14.7 Å². The van der Waals surface area contributed by atoms with Crippen molar-refractivity contribution < 1.29 is 19.5 Å². The third-order valence-electron chi connectivity index (χ3n) is 4.96. The van der Waals surface area contributed by atoms with Gasteiger partial charge in [-0.15, -0.1) is 0 Å². The first-order valence-electron chi connectivity index (χ1n) is 10.3. The molecule has 0 bridgehead atoms. The molecule has 3 aromatic rings. The molecule has 5 heteroatoms. The monoisotopic (exact) mass is 417 g/mol. The van der Waals surface area contributed by atoms with Gasteiger partial charge in [-0.25, -0.2) is 0 Å². The minimum Gasteiger partial charge on any atom is -0.487 e. The minimum absolute atomic E-state index is 0.165. The third-order valence-corrected chi connectivity index (χ3v) is 4.96. The molecule has 0 atom stereocenters. The lowest BCUT2D eigenvalue weighted by molar-refractivity contribution is -0.136. The van der Waals surface area contributed by atoms with Gasteiger partial charge in [-0.3, -0.25) is 4.79 Å². The molecule has 1 N–H and O–H groups in total. The number of hydrogen-bond donors (Lipinski definition) is 1. The highest BCUT2D eigenvalue weighted by Crippen LogP contribution is 2.16. The van der Waals surface area contributed by atoms with Crippen molar-refractivity contribution >= 4 is 11.7 Å². The van der Waals surface area contributed by atoms with Gasteiger partial charge < -0.3 is 14.7 Å². The molecule has 0 aliphatic heterocycles. The summed E-state index contributed by atoms with van der Waals surface area (Å²) in [6, 6.07) is 26.1. The maximum atomic E-state index is 10.7. The standard InChI is InChI=1S/C26H27NO4/c1-30-27-25(23-5-3-2-4-6-23)19-31-24-16-13-22(14-17-24)12-9-20-7-10-21(11-8-20)15-18-26(28)29/h2-8,10-11,13-14,16-17H,9,12,15,18-19H2,1H3,(H,28,29)/b27-25+. The van der Waals surface area contributed by atoms with Crippen LogP contribution < -0.4 is 4.74 Å². The van der Waals surface area contributed by atoms with Crippen LogP contribution in [0.2, 0.25) is 0 Å². The van der Waals surface area contributed by atoms with E-state index in [2.05, 4.69) is 29.4 Å². The summed E-state index contributed by atoms with van der Waals surface area (Å²) in [6.07, 6.45) is 2.59. The van der Waals surface area contributed by atoms with Crippen LogP contribution in [0.25, 0.3) is 0 Å². The molecule has 160 valence electrons. The number of aliphatic carboxylic acids is 1. The second kappa shape index (κ2) is 11.6. The molecule has 3 aromatic carbocycles. The topological polar surface area (TPSA) is 68.1 Å². The average Bonchev–Trinajstić information content (AvgIpc) is 2.81. The summed E-state index contributed by atoms with van der Waals surface area (Å²) in [4.78, 5) is 15.6. The predicted octanol–water partition coefficient (Wildman–Crippen LogP) is 4.92. The molecule has 0 heterocycles. The molecule has 31 heavy (non-hydrogen) atoms. The molecule has 0 saturated heterocycles. The molecule has 3 rings (SSSR count). The van der Waals surface area contributed by atoms with Crippen LogP contribution in [0.5, 0.6) is 5.75 Å². The van der Waals surface area contributed by atoms with Crippen molar-refractivity contribution in [1.29, 1.82) is 0 Å². The fourth-order valence-electron chi connectivity index (χ4n) is 3.22. The van der Waals surface area contributed by atoms with Crippen molar-refractivity contribution in [2.75, 3.05) is 13.7 Å². The van der Waals surface area contributed by atoms with Gasteiger partial charge in [0.15, 0.2) is 0 Å². The summed E-state index contributed by atoms with van der Waals surface area (Å²) >= 11 is 0. The smallest absolute Gasteiger partial charge is 0.303 e. The van der Waals surface area contributed by atoms with Crippen molar-refractivity contribution in [3.05, 3.63) is 101 Å². The van der Waals surface area contributed by atoms with Gasteiger partial charge in [0.1, 0.15) is 25.2 Å². The number of carbonyl (C=O) groups is 1. The molecule has 0 amide bonds. The quantitative estimate of drug-likeness (QED) is 0.355. The Bertz CT molecular complexity index is 980. The number of aryl methyl sites for hydroxylation is 3. The molecule has 0 saturated carbocycles. The highest BCUT2D eigenvalue weighted by molar-refractivity contribution is 6.01. The van der Waals surface area contributed by atoms with Gasteiger partial charge in [0.2, 0.25) is 0 Å². The molecule has 0 spiro atoms. The number of ether oxygens (including phenoxy) is 1. The number of rotatable bonds is 11. The third kappa shape index (κ3) is 7.30. The molecular formula is C26H27NO4. The van der Waals surface area contributed by atoms with E-state index in [-0.39, 0.29) is 6.42 Å². The zero-order valence-electron chi connectivity index (χ0n) is 17.7. The van der Waals surface area contributed by atoms with E-state index in [0.717, 1.165) is 35.4 Å². The van der Waals surface area contributed by atoms with Gasteiger partial charge in [0.25, 0.3) is 0 Å². The van der Waals surface area contributed by atoms with E-state index < -0.39 is 5.97 Å². The van der Waals surface area contributed by atoms with E-state index in [0.29, 0.717) is 13.0 Å². The van der Waals surface area contributed by atoms with Crippen molar-refractivity contribution in [2.45, 2.75) is 25.7 Å². The first-order valence-corrected chi connectivity index (χ1v) is 10.3. The summed E-state index contributed by atoms with van der Waals surface area (Å²) in [5, 5.41) is 12.9. The van der Waals surface area contributed by atoms with Crippen LogP contribution >= 0.6 is 0 Å². The van der Waals surface area contributed by atoms with Crippen LogP contribution in [0.1, 0.15) is 28.7 Å². The lowest BCUT2D eigenvalue weighted by Crippen LogP contribution is -2.13. The lowest BCUT2D eigenvalue weighted by Gasteiger charge is -2.10. The molecule has 0 aliphatic carbocycles. The zero-order chi connectivity index (χ0) is 21.9. The Hall–Kier alpha value is -3.60. The van der Waals surface area contributed by atoms with E-state index in [9.17, 15) is 4.79 Å². The first-order chi connectivity index (χ1) is 15.1. The van der Waals surface area contributed by atoms with Gasteiger partial charge in [0, 0.05) is 12.0 Å². The molecule has 5 nitrogen and oxygen atoms in total. The fraction of sp³-hybridized carbons (Fsp3) is 0.231. The normalized spacial score (nSPS) is 11.2. The van der Waals surface area contributed by atoms with Crippen LogP contribution in [0.3, 0.4) is 0 Å². The van der Waals surface area contributed by atoms with Crippen molar-refractivity contribution in [2.24, 2.45) is 5.16 Å². The fourth-order valence-corrected chi connectivity index (χ4v) is 3.22. The molecule has 0 radical (unpaired) electrons.